The van der Waals surface area contributed by atoms with Crippen LogP contribution < -0.4 is 0 Å². The number of rotatable bonds is 4. The van der Waals surface area contributed by atoms with Crippen molar-refractivity contribution < 1.29 is 0 Å². The summed E-state index contributed by atoms with van der Waals surface area (Å²) >= 11 is 0. The zero-order valence-corrected chi connectivity index (χ0v) is 31.0. The Hall–Kier alpha value is -6.44. The molecule has 4 nitrogen and oxygen atoms in total. The van der Waals surface area contributed by atoms with Crippen LogP contribution in [0.15, 0.2) is 146 Å². The Balaban J connectivity index is 1.03. The molecule has 0 atom stereocenters. The number of aromatic nitrogens is 3. The lowest BCUT2D eigenvalue weighted by Gasteiger charge is -2.61. The van der Waals surface area contributed by atoms with Crippen LogP contribution in [0.3, 0.4) is 0 Å². The van der Waals surface area contributed by atoms with E-state index in [1.54, 1.807) is 0 Å². The highest BCUT2D eigenvalue weighted by Crippen LogP contribution is 2.69. The maximum atomic E-state index is 9.46. The highest BCUT2D eigenvalue weighted by atomic mass is 15.0. The molecule has 0 N–H and O–H groups in total. The van der Waals surface area contributed by atoms with E-state index in [1.165, 1.54) is 81.6 Å². The van der Waals surface area contributed by atoms with Crippen LogP contribution in [-0.2, 0) is 5.41 Å². The van der Waals surface area contributed by atoms with Gasteiger partial charge in [0.05, 0.1) is 11.6 Å². The summed E-state index contributed by atoms with van der Waals surface area (Å²) in [5.74, 6) is 5.19. The van der Waals surface area contributed by atoms with E-state index < -0.39 is 0 Å². The molecule has 13 rings (SSSR count). The van der Waals surface area contributed by atoms with Crippen LogP contribution in [0.25, 0.3) is 78.0 Å². The van der Waals surface area contributed by atoms with E-state index in [-0.39, 0.29) is 5.41 Å². The van der Waals surface area contributed by atoms with Crippen molar-refractivity contribution in [2.45, 2.75) is 37.5 Å². The highest BCUT2D eigenvalue weighted by molar-refractivity contribution is 6.08. The molecule has 5 aliphatic rings. The second-order valence-electron chi connectivity index (χ2n) is 16.8. The van der Waals surface area contributed by atoms with Gasteiger partial charge in [-0.1, -0.05) is 115 Å². The lowest BCUT2D eigenvalue weighted by Crippen LogP contribution is -2.55. The fourth-order valence-electron chi connectivity index (χ4n) is 11.8. The summed E-state index contributed by atoms with van der Waals surface area (Å²) in [6, 6.07) is 54.5. The second-order valence-corrected chi connectivity index (χ2v) is 16.8. The van der Waals surface area contributed by atoms with Crippen molar-refractivity contribution in [3.8, 4) is 62.5 Å². The molecular weight excluding hydrogens is 681 g/mol. The number of benzene rings is 7. The van der Waals surface area contributed by atoms with Crippen molar-refractivity contribution in [2.24, 2.45) is 23.7 Å². The van der Waals surface area contributed by atoms with E-state index in [4.69, 9.17) is 15.0 Å². The van der Waals surface area contributed by atoms with E-state index in [1.807, 2.05) is 48.5 Å². The van der Waals surface area contributed by atoms with Gasteiger partial charge in [0.15, 0.2) is 17.5 Å². The quantitative estimate of drug-likeness (QED) is 0.170. The van der Waals surface area contributed by atoms with E-state index in [9.17, 15) is 5.26 Å². The maximum absolute atomic E-state index is 9.46. The van der Waals surface area contributed by atoms with Crippen LogP contribution in [0.2, 0.25) is 0 Å². The molecule has 1 aromatic heterocycles. The third kappa shape index (κ3) is 4.67. The monoisotopic (exact) mass is 718 g/mol. The van der Waals surface area contributed by atoms with E-state index in [0.29, 0.717) is 34.9 Å². The molecule has 0 amide bonds. The number of nitriles is 1. The third-order valence-corrected chi connectivity index (χ3v) is 13.9. The fraction of sp³-hybridized carbons (Fsp3) is 0.192. The third-order valence-electron chi connectivity index (χ3n) is 13.9. The normalized spacial score (nSPS) is 22.7. The molecule has 8 aromatic rings. The van der Waals surface area contributed by atoms with Crippen molar-refractivity contribution >= 4 is 21.5 Å². The van der Waals surface area contributed by atoms with Crippen LogP contribution in [0, 0.1) is 35.0 Å². The molecular formula is C52H38N4. The summed E-state index contributed by atoms with van der Waals surface area (Å²) in [6.45, 7) is 0. The fourth-order valence-corrected chi connectivity index (χ4v) is 11.8. The smallest absolute Gasteiger partial charge is 0.164 e. The molecule has 4 heteroatoms. The predicted molar refractivity (Wildman–Crippen MR) is 225 cm³/mol. The Morgan fingerprint density at radius 2 is 0.929 bits per heavy atom. The van der Waals surface area contributed by atoms with E-state index >= 15 is 0 Å². The Morgan fingerprint density at radius 3 is 1.52 bits per heavy atom. The average Bonchev–Trinajstić information content (AvgIpc) is 3.54. The summed E-state index contributed by atoms with van der Waals surface area (Å²) in [6.07, 6.45) is 6.82. The van der Waals surface area contributed by atoms with Gasteiger partial charge in [-0.05, 0) is 141 Å². The molecule has 0 radical (unpaired) electrons. The van der Waals surface area contributed by atoms with Gasteiger partial charge in [-0.3, -0.25) is 0 Å². The lowest BCUT2D eigenvalue weighted by atomic mass is 9.43. The first-order valence-electron chi connectivity index (χ1n) is 20.2. The number of hydrogen-bond acceptors (Lipinski definition) is 4. The van der Waals surface area contributed by atoms with Crippen LogP contribution in [0.5, 0.6) is 0 Å². The van der Waals surface area contributed by atoms with E-state index in [2.05, 4.69) is 103 Å². The molecule has 5 aliphatic carbocycles. The molecule has 1 spiro atoms. The van der Waals surface area contributed by atoms with Crippen molar-refractivity contribution in [3.63, 3.8) is 0 Å². The SMILES string of the molecule is N#Cc1ccc2c(ccc3cc(-c4ccc5c(c4)-c4cc(-c6nc(-c7ccccc7)nc(-c7ccccc7)n6)ccc4C54C5CC6CC(C5)CC4C6)ccc32)c1. The zero-order chi connectivity index (χ0) is 37.0. The molecule has 4 saturated carbocycles. The number of fused-ring (bicyclic) bond motifs is 6. The molecule has 0 saturated heterocycles. The summed E-state index contributed by atoms with van der Waals surface area (Å²) < 4.78 is 0. The Bertz CT molecular complexity index is 2860. The van der Waals surface area contributed by atoms with Crippen molar-refractivity contribution in [1.82, 2.24) is 15.0 Å². The first-order valence-corrected chi connectivity index (χ1v) is 20.2. The van der Waals surface area contributed by atoms with Crippen LogP contribution >= 0.6 is 0 Å². The van der Waals surface area contributed by atoms with Gasteiger partial charge >= 0.3 is 0 Å². The summed E-state index contributed by atoms with van der Waals surface area (Å²) in [5, 5.41) is 14.2. The van der Waals surface area contributed by atoms with Crippen molar-refractivity contribution in [2.75, 3.05) is 0 Å². The minimum Gasteiger partial charge on any atom is -0.208 e. The highest BCUT2D eigenvalue weighted by Gasteiger charge is 2.61. The summed E-state index contributed by atoms with van der Waals surface area (Å²) in [7, 11) is 0. The van der Waals surface area contributed by atoms with Gasteiger partial charge in [-0.15, -0.1) is 0 Å². The second kappa shape index (κ2) is 12.0. The van der Waals surface area contributed by atoms with Crippen LogP contribution in [0.1, 0.15) is 48.8 Å². The zero-order valence-electron chi connectivity index (χ0n) is 31.0. The van der Waals surface area contributed by atoms with Crippen molar-refractivity contribution in [3.05, 3.63) is 162 Å². The molecule has 4 bridgehead atoms. The van der Waals surface area contributed by atoms with Gasteiger partial charge < -0.3 is 0 Å². The lowest BCUT2D eigenvalue weighted by molar-refractivity contribution is -0.0399. The molecule has 1 heterocycles. The minimum absolute atomic E-state index is 0.0588. The Labute approximate surface area is 326 Å². The molecule has 7 aromatic carbocycles. The van der Waals surface area contributed by atoms with Crippen LogP contribution in [-0.4, -0.2) is 15.0 Å². The van der Waals surface area contributed by atoms with E-state index in [0.717, 1.165) is 33.9 Å². The average molecular weight is 719 g/mol. The van der Waals surface area contributed by atoms with Gasteiger partial charge in [0.25, 0.3) is 0 Å². The summed E-state index contributed by atoms with van der Waals surface area (Å²) in [5.41, 5.74) is 12.0. The van der Waals surface area contributed by atoms with Gasteiger partial charge in [-0.2, -0.15) is 5.26 Å². The van der Waals surface area contributed by atoms with Gasteiger partial charge in [0.1, 0.15) is 0 Å². The molecule has 4 fully saturated rings. The molecule has 0 aliphatic heterocycles. The topological polar surface area (TPSA) is 62.5 Å². The minimum atomic E-state index is 0.0588. The largest absolute Gasteiger partial charge is 0.208 e. The Morgan fingerprint density at radius 1 is 0.446 bits per heavy atom. The Kier molecular flexibility index (Phi) is 6.84. The molecule has 266 valence electrons. The molecule has 56 heavy (non-hydrogen) atoms. The number of hydrogen-bond donors (Lipinski definition) is 0. The molecule has 0 unspecified atom stereocenters. The van der Waals surface area contributed by atoms with Crippen molar-refractivity contribution in [1.29, 1.82) is 5.26 Å². The first-order chi connectivity index (χ1) is 27.6. The van der Waals surface area contributed by atoms with Gasteiger partial charge in [0, 0.05) is 22.1 Å². The van der Waals surface area contributed by atoms with Gasteiger partial charge in [-0.25, -0.2) is 15.0 Å². The van der Waals surface area contributed by atoms with Gasteiger partial charge in [0.2, 0.25) is 0 Å². The standard InChI is InChI=1S/C52H38N4/c53-30-31-11-17-43-38(22-31)12-13-39-27-36(14-18-44(39)43)37-15-19-47-45(28-37)46-29-40(16-20-48(46)52(47)41-23-32-21-33(25-41)26-42(52)24-32)51-55-49(34-7-3-1-4-8-34)54-50(56-51)35-9-5-2-6-10-35/h1-20,22,27-29,32-33,41-42H,21,23-26H2. The van der Waals surface area contributed by atoms with Crippen LogP contribution in [0.4, 0.5) is 0 Å². The predicted octanol–water partition coefficient (Wildman–Crippen LogP) is 12.4. The maximum Gasteiger partial charge on any atom is 0.164 e. The number of nitrogens with zero attached hydrogens (tertiary/aromatic N) is 4. The summed E-state index contributed by atoms with van der Waals surface area (Å²) in [4.78, 5) is 15.3. The first kappa shape index (κ1) is 31.9.